The third-order valence-electron chi connectivity index (χ3n) is 2.35. The molecule has 0 aromatic heterocycles. The first-order chi connectivity index (χ1) is 9.36. The van der Waals surface area contributed by atoms with Crippen molar-refractivity contribution in [3.63, 3.8) is 0 Å². The summed E-state index contributed by atoms with van der Waals surface area (Å²) in [6, 6.07) is 3.81. The van der Waals surface area contributed by atoms with Crippen molar-refractivity contribution in [1.29, 1.82) is 5.26 Å². The third kappa shape index (κ3) is 3.42. The van der Waals surface area contributed by atoms with Gasteiger partial charge in [0.25, 0.3) is 0 Å². The zero-order valence-electron chi connectivity index (χ0n) is 9.94. The molecule has 20 heavy (non-hydrogen) atoms. The lowest BCUT2D eigenvalue weighted by molar-refractivity contribution is -0.384. The highest BCUT2D eigenvalue weighted by atomic mass is 16.6. The van der Waals surface area contributed by atoms with Crippen LogP contribution in [0.1, 0.15) is 12.0 Å². The summed E-state index contributed by atoms with van der Waals surface area (Å²) in [5, 5.41) is 39.5. The van der Waals surface area contributed by atoms with Gasteiger partial charge in [0.15, 0.2) is 0 Å². The molecular weight excluding hydrogens is 270 g/mol. The lowest BCUT2D eigenvalue weighted by Crippen LogP contribution is -2.32. The summed E-state index contributed by atoms with van der Waals surface area (Å²) in [7, 11) is 0. The van der Waals surface area contributed by atoms with Gasteiger partial charge in [-0.05, 0) is 12.1 Å². The Balaban J connectivity index is 3.19. The predicted octanol–water partition coefficient (Wildman–Crippen LogP) is 0.806. The molecule has 0 spiro atoms. The molecule has 1 unspecified atom stereocenters. The summed E-state index contributed by atoms with van der Waals surface area (Å²) in [5.41, 5.74) is -1.06. The molecular formula is C11H9N3O6. The number of nitriles is 1. The monoisotopic (exact) mass is 279 g/mol. The summed E-state index contributed by atoms with van der Waals surface area (Å²) < 4.78 is 0. The highest BCUT2D eigenvalue weighted by Crippen LogP contribution is 2.28. The number of nitrogens with zero attached hydrogens (tertiary/aromatic N) is 2. The number of anilines is 1. The minimum Gasteiger partial charge on any atom is -0.481 e. The van der Waals surface area contributed by atoms with Crippen LogP contribution in [0, 0.1) is 21.4 Å². The Morgan fingerprint density at radius 1 is 1.45 bits per heavy atom. The molecule has 0 amide bonds. The van der Waals surface area contributed by atoms with Gasteiger partial charge in [0.1, 0.15) is 23.4 Å². The van der Waals surface area contributed by atoms with Gasteiger partial charge in [-0.25, -0.2) is 4.79 Å². The first-order valence-electron chi connectivity index (χ1n) is 5.25. The van der Waals surface area contributed by atoms with Crippen molar-refractivity contribution in [2.24, 2.45) is 0 Å². The molecule has 3 N–H and O–H groups in total. The zero-order valence-corrected chi connectivity index (χ0v) is 9.94. The van der Waals surface area contributed by atoms with Gasteiger partial charge in [0.05, 0.1) is 11.3 Å². The fourth-order valence-electron chi connectivity index (χ4n) is 1.51. The molecule has 0 radical (unpaired) electrons. The van der Waals surface area contributed by atoms with Crippen LogP contribution in [0.15, 0.2) is 18.2 Å². The van der Waals surface area contributed by atoms with Crippen molar-refractivity contribution in [3.05, 3.63) is 33.9 Å². The van der Waals surface area contributed by atoms with E-state index in [4.69, 9.17) is 15.5 Å². The van der Waals surface area contributed by atoms with E-state index in [1.54, 1.807) is 6.07 Å². The van der Waals surface area contributed by atoms with Crippen LogP contribution >= 0.6 is 0 Å². The standard InChI is InChI=1S/C11H9N3O6/c12-5-6-2-1-3-7(10(6)14(19)20)13-8(11(17)18)4-9(15)16/h1-3,8,13H,4H2,(H,15,16)(H,17,18). The average molecular weight is 279 g/mol. The van der Waals surface area contributed by atoms with E-state index >= 15 is 0 Å². The van der Waals surface area contributed by atoms with Crippen molar-refractivity contribution >= 4 is 23.3 Å². The van der Waals surface area contributed by atoms with Gasteiger partial charge in [-0.1, -0.05) is 6.07 Å². The topological polar surface area (TPSA) is 154 Å². The molecule has 0 heterocycles. The third-order valence-corrected chi connectivity index (χ3v) is 2.35. The van der Waals surface area contributed by atoms with E-state index in [2.05, 4.69) is 5.32 Å². The molecule has 0 fully saturated rings. The largest absolute Gasteiger partial charge is 0.481 e. The molecule has 0 bridgehead atoms. The fraction of sp³-hybridized carbons (Fsp3) is 0.182. The quantitative estimate of drug-likeness (QED) is 0.510. The maximum Gasteiger partial charge on any atom is 0.326 e. The fourth-order valence-corrected chi connectivity index (χ4v) is 1.51. The number of benzene rings is 1. The molecule has 1 rings (SSSR count). The number of carboxylic acids is 2. The molecule has 1 aromatic rings. The number of carboxylic acid groups (broad SMARTS) is 2. The number of aliphatic carboxylic acids is 2. The van der Waals surface area contributed by atoms with E-state index in [0.717, 1.165) is 0 Å². The predicted molar refractivity (Wildman–Crippen MR) is 65.1 cm³/mol. The number of hydrogen-bond donors (Lipinski definition) is 3. The molecule has 0 aliphatic carbocycles. The second kappa shape index (κ2) is 6.14. The number of rotatable bonds is 6. The lowest BCUT2D eigenvalue weighted by Gasteiger charge is -2.14. The molecule has 9 nitrogen and oxygen atoms in total. The number of hydrogen-bond acceptors (Lipinski definition) is 6. The zero-order chi connectivity index (χ0) is 15.3. The van der Waals surface area contributed by atoms with Gasteiger partial charge in [-0.2, -0.15) is 5.26 Å². The van der Waals surface area contributed by atoms with Crippen LogP contribution in [0.5, 0.6) is 0 Å². The van der Waals surface area contributed by atoms with Crippen LogP contribution < -0.4 is 5.32 Å². The van der Waals surface area contributed by atoms with E-state index in [0.29, 0.717) is 0 Å². The Bertz CT molecular complexity index is 607. The molecule has 0 aliphatic rings. The van der Waals surface area contributed by atoms with Gasteiger partial charge in [0.2, 0.25) is 0 Å². The van der Waals surface area contributed by atoms with Gasteiger partial charge in [-0.3, -0.25) is 14.9 Å². The van der Waals surface area contributed by atoms with Crippen molar-refractivity contribution in [3.8, 4) is 6.07 Å². The summed E-state index contributed by atoms with van der Waals surface area (Å²) in [4.78, 5) is 31.6. The molecule has 1 aromatic carbocycles. The summed E-state index contributed by atoms with van der Waals surface area (Å²) in [6.07, 6.45) is -0.761. The van der Waals surface area contributed by atoms with Crippen molar-refractivity contribution in [1.82, 2.24) is 0 Å². The molecule has 104 valence electrons. The second-order valence-corrected chi connectivity index (χ2v) is 3.70. The van der Waals surface area contributed by atoms with Crippen LogP contribution in [0.25, 0.3) is 0 Å². The van der Waals surface area contributed by atoms with Gasteiger partial charge < -0.3 is 15.5 Å². The number of nitro benzene ring substituents is 1. The van der Waals surface area contributed by atoms with E-state index in [1.807, 2.05) is 0 Å². The van der Waals surface area contributed by atoms with E-state index in [9.17, 15) is 19.7 Å². The van der Waals surface area contributed by atoms with Crippen LogP contribution in [-0.2, 0) is 9.59 Å². The van der Waals surface area contributed by atoms with Gasteiger partial charge in [0, 0.05) is 0 Å². The van der Waals surface area contributed by atoms with E-state index in [-0.39, 0.29) is 11.3 Å². The summed E-state index contributed by atoms with van der Waals surface area (Å²) >= 11 is 0. The van der Waals surface area contributed by atoms with Crippen LogP contribution in [0.2, 0.25) is 0 Å². The molecule has 0 saturated carbocycles. The van der Waals surface area contributed by atoms with Crippen molar-refractivity contribution in [2.75, 3.05) is 5.32 Å². The van der Waals surface area contributed by atoms with Crippen LogP contribution in [0.3, 0.4) is 0 Å². The van der Waals surface area contributed by atoms with Crippen LogP contribution in [-0.4, -0.2) is 33.1 Å². The summed E-state index contributed by atoms with van der Waals surface area (Å²) in [6.45, 7) is 0. The Kier molecular flexibility index (Phi) is 4.58. The Morgan fingerprint density at radius 2 is 2.10 bits per heavy atom. The van der Waals surface area contributed by atoms with Crippen molar-refractivity contribution in [2.45, 2.75) is 12.5 Å². The van der Waals surface area contributed by atoms with Gasteiger partial charge >= 0.3 is 17.6 Å². The SMILES string of the molecule is N#Cc1cccc(NC(CC(=O)O)C(=O)O)c1[N+](=O)[O-]. The highest BCUT2D eigenvalue weighted by molar-refractivity contribution is 5.84. The first kappa shape index (κ1) is 14.9. The van der Waals surface area contributed by atoms with E-state index < -0.39 is 35.0 Å². The highest BCUT2D eigenvalue weighted by Gasteiger charge is 2.26. The smallest absolute Gasteiger partial charge is 0.326 e. The minimum absolute atomic E-state index is 0.220. The molecule has 0 aliphatic heterocycles. The Labute approximate surface area is 112 Å². The second-order valence-electron chi connectivity index (χ2n) is 3.70. The lowest BCUT2D eigenvalue weighted by atomic mass is 10.1. The average Bonchev–Trinajstić information content (AvgIpc) is 2.36. The molecule has 1 atom stereocenters. The number of para-hydroxylation sites is 1. The molecule has 0 saturated heterocycles. The maximum atomic E-state index is 10.9. The number of nitrogens with one attached hydrogen (secondary N) is 1. The Hall–Kier alpha value is -3.15. The van der Waals surface area contributed by atoms with Gasteiger partial charge in [-0.15, -0.1) is 0 Å². The maximum absolute atomic E-state index is 10.9. The van der Waals surface area contributed by atoms with Crippen molar-refractivity contribution < 1.29 is 24.7 Å². The van der Waals surface area contributed by atoms with Crippen LogP contribution in [0.4, 0.5) is 11.4 Å². The summed E-state index contributed by atoms with van der Waals surface area (Å²) in [5.74, 6) is -2.84. The minimum atomic E-state index is -1.54. The normalized spacial score (nSPS) is 11.2. The van der Waals surface area contributed by atoms with E-state index in [1.165, 1.54) is 18.2 Å². The number of carbonyl (C=O) groups is 2. The number of nitro groups is 1. The first-order valence-corrected chi connectivity index (χ1v) is 5.25. The molecule has 9 heteroatoms. The Morgan fingerprint density at radius 3 is 2.55 bits per heavy atom.